The minimum atomic E-state index is -0.193. The first-order chi connectivity index (χ1) is 10.1. The maximum Gasteiger partial charge on any atom is 0.136 e. The van der Waals surface area contributed by atoms with E-state index in [4.69, 9.17) is 10.00 Å². The zero-order valence-electron chi connectivity index (χ0n) is 12.1. The fraction of sp³-hybridized carbons (Fsp3) is 0.235. The zero-order chi connectivity index (χ0) is 15.2. The van der Waals surface area contributed by atoms with Gasteiger partial charge in [0.2, 0.25) is 0 Å². The largest absolute Gasteiger partial charge is 0.495 e. The van der Waals surface area contributed by atoms with Gasteiger partial charge in [-0.3, -0.25) is 4.90 Å². The lowest BCUT2D eigenvalue weighted by atomic mass is 10.1. The van der Waals surface area contributed by atoms with Gasteiger partial charge < -0.3 is 4.74 Å². The molecule has 0 aliphatic heterocycles. The van der Waals surface area contributed by atoms with E-state index in [1.54, 1.807) is 25.3 Å². The van der Waals surface area contributed by atoms with Gasteiger partial charge >= 0.3 is 0 Å². The maximum atomic E-state index is 13.6. The van der Waals surface area contributed by atoms with Crippen LogP contribution in [0.15, 0.2) is 42.5 Å². The third-order valence-corrected chi connectivity index (χ3v) is 3.24. The van der Waals surface area contributed by atoms with Crippen molar-refractivity contribution in [1.29, 1.82) is 5.26 Å². The van der Waals surface area contributed by atoms with Crippen LogP contribution in [0.4, 0.5) is 4.39 Å². The molecule has 0 saturated carbocycles. The van der Waals surface area contributed by atoms with Crippen molar-refractivity contribution < 1.29 is 9.13 Å². The number of hydrogen-bond donors (Lipinski definition) is 0. The average Bonchev–Trinajstić information content (AvgIpc) is 2.49. The highest BCUT2D eigenvalue weighted by Crippen LogP contribution is 2.20. The Bertz CT molecular complexity index is 664. The molecule has 0 aromatic heterocycles. The van der Waals surface area contributed by atoms with Crippen molar-refractivity contribution in [2.45, 2.75) is 13.1 Å². The van der Waals surface area contributed by atoms with Gasteiger partial charge in [-0.05, 0) is 30.8 Å². The first-order valence-corrected chi connectivity index (χ1v) is 6.63. The van der Waals surface area contributed by atoms with Crippen molar-refractivity contribution >= 4 is 0 Å². The lowest BCUT2D eigenvalue weighted by Gasteiger charge is -2.17. The minimum Gasteiger partial charge on any atom is -0.495 e. The summed E-state index contributed by atoms with van der Waals surface area (Å²) >= 11 is 0. The fourth-order valence-electron chi connectivity index (χ4n) is 2.21. The Balaban J connectivity index is 2.08. The Kier molecular flexibility index (Phi) is 4.91. The van der Waals surface area contributed by atoms with Gasteiger partial charge in [0.1, 0.15) is 17.6 Å². The van der Waals surface area contributed by atoms with Crippen molar-refractivity contribution in [3.05, 3.63) is 65.0 Å². The molecule has 108 valence electrons. The number of methoxy groups -OCH3 is 1. The minimum absolute atomic E-state index is 0.193. The van der Waals surface area contributed by atoms with Crippen LogP contribution in [0.25, 0.3) is 0 Å². The maximum absolute atomic E-state index is 13.6. The van der Waals surface area contributed by atoms with Crippen LogP contribution in [-0.2, 0) is 13.1 Å². The van der Waals surface area contributed by atoms with Gasteiger partial charge in [-0.15, -0.1) is 0 Å². The van der Waals surface area contributed by atoms with E-state index in [9.17, 15) is 4.39 Å². The SMILES string of the molecule is COc1cc(CN(C)Cc2ccccc2F)ccc1C#N. The van der Waals surface area contributed by atoms with E-state index in [-0.39, 0.29) is 5.82 Å². The number of halogens is 1. The van der Waals surface area contributed by atoms with Gasteiger partial charge in [-0.25, -0.2) is 4.39 Å². The molecule has 3 nitrogen and oxygen atoms in total. The van der Waals surface area contributed by atoms with E-state index >= 15 is 0 Å². The van der Waals surface area contributed by atoms with Gasteiger partial charge in [-0.1, -0.05) is 24.3 Å². The van der Waals surface area contributed by atoms with E-state index in [2.05, 4.69) is 6.07 Å². The second-order valence-corrected chi connectivity index (χ2v) is 4.91. The predicted octanol–water partition coefficient (Wildman–Crippen LogP) is 3.34. The molecule has 0 aliphatic rings. The molecule has 2 aromatic rings. The van der Waals surface area contributed by atoms with Crippen LogP contribution in [0.3, 0.4) is 0 Å². The predicted molar refractivity (Wildman–Crippen MR) is 79.3 cm³/mol. The van der Waals surface area contributed by atoms with Crippen LogP contribution in [0.2, 0.25) is 0 Å². The molecule has 2 rings (SSSR count). The molecule has 0 amide bonds. The van der Waals surface area contributed by atoms with Gasteiger partial charge in [0, 0.05) is 18.7 Å². The van der Waals surface area contributed by atoms with Crippen LogP contribution in [0, 0.1) is 17.1 Å². The molecular formula is C17H17FN2O. The summed E-state index contributed by atoms with van der Waals surface area (Å²) in [5, 5.41) is 8.97. The second kappa shape index (κ2) is 6.87. The van der Waals surface area contributed by atoms with Crippen molar-refractivity contribution in [1.82, 2.24) is 4.90 Å². The fourth-order valence-corrected chi connectivity index (χ4v) is 2.21. The molecular weight excluding hydrogens is 267 g/mol. The quantitative estimate of drug-likeness (QED) is 0.845. The Morgan fingerprint density at radius 1 is 1.19 bits per heavy atom. The first-order valence-electron chi connectivity index (χ1n) is 6.63. The lowest BCUT2D eigenvalue weighted by Crippen LogP contribution is -2.18. The van der Waals surface area contributed by atoms with E-state index in [0.717, 1.165) is 5.56 Å². The normalized spacial score (nSPS) is 10.4. The Hall–Kier alpha value is -2.38. The molecule has 0 N–H and O–H groups in total. The average molecular weight is 284 g/mol. The molecule has 0 saturated heterocycles. The topological polar surface area (TPSA) is 36.3 Å². The van der Waals surface area contributed by atoms with Gasteiger partial charge in [-0.2, -0.15) is 5.26 Å². The number of ether oxygens (including phenoxy) is 1. The summed E-state index contributed by atoms with van der Waals surface area (Å²) in [5.74, 6) is 0.371. The molecule has 21 heavy (non-hydrogen) atoms. The van der Waals surface area contributed by atoms with Crippen molar-refractivity contribution in [2.75, 3.05) is 14.2 Å². The van der Waals surface area contributed by atoms with Gasteiger partial charge in [0.25, 0.3) is 0 Å². The summed E-state index contributed by atoms with van der Waals surface area (Å²) < 4.78 is 18.8. The van der Waals surface area contributed by atoms with E-state index in [1.807, 2.05) is 30.1 Å². The number of hydrogen-bond acceptors (Lipinski definition) is 3. The third-order valence-electron chi connectivity index (χ3n) is 3.24. The number of rotatable bonds is 5. The van der Waals surface area contributed by atoms with Crippen molar-refractivity contribution in [3.63, 3.8) is 0 Å². The highest BCUT2D eigenvalue weighted by molar-refractivity contribution is 5.45. The summed E-state index contributed by atoms with van der Waals surface area (Å²) in [6.07, 6.45) is 0. The molecule has 2 aromatic carbocycles. The summed E-state index contributed by atoms with van der Waals surface area (Å²) in [6.45, 7) is 1.17. The number of nitrogens with zero attached hydrogens (tertiary/aromatic N) is 2. The Morgan fingerprint density at radius 3 is 2.62 bits per heavy atom. The van der Waals surface area contributed by atoms with Crippen LogP contribution in [0.5, 0.6) is 5.75 Å². The highest BCUT2D eigenvalue weighted by atomic mass is 19.1. The molecule has 0 fully saturated rings. The molecule has 4 heteroatoms. The monoisotopic (exact) mass is 284 g/mol. The van der Waals surface area contributed by atoms with Crippen LogP contribution >= 0.6 is 0 Å². The molecule has 0 unspecified atom stereocenters. The molecule has 0 radical (unpaired) electrons. The summed E-state index contributed by atoms with van der Waals surface area (Å²) in [7, 11) is 3.47. The smallest absolute Gasteiger partial charge is 0.136 e. The van der Waals surface area contributed by atoms with Crippen LogP contribution in [-0.4, -0.2) is 19.1 Å². The van der Waals surface area contributed by atoms with Gasteiger partial charge in [0.05, 0.1) is 12.7 Å². The highest BCUT2D eigenvalue weighted by Gasteiger charge is 2.08. The van der Waals surface area contributed by atoms with E-state index < -0.39 is 0 Å². The standard InChI is InChI=1S/C17H17FN2O/c1-20(12-15-5-3-4-6-16(15)18)11-13-7-8-14(10-19)17(9-13)21-2/h3-9H,11-12H2,1-2H3. The third kappa shape index (κ3) is 3.80. The Morgan fingerprint density at radius 2 is 1.95 bits per heavy atom. The molecule has 0 aliphatic carbocycles. The van der Waals surface area contributed by atoms with Gasteiger partial charge in [0.15, 0.2) is 0 Å². The summed E-state index contributed by atoms with van der Waals surface area (Å²) in [4.78, 5) is 2.01. The van der Waals surface area contributed by atoms with Crippen LogP contribution < -0.4 is 4.74 Å². The van der Waals surface area contributed by atoms with E-state index in [1.165, 1.54) is 6.07 Å². The number of nitriles is 1. The van der Waals surface area contributed by atoms with Crippen molar-refractivity contribution in [2.24, 2.45) is 0 Å². The second-order valence-electron chi connectivity index (χ2n) is 4.91. The first kappa shape index (κ1) is 15.0. The van der Waals surface area contributed by atoms with Crippen LogP contribution in [0.1, 0.15) is 16.7 Å². The zero-order valence-corrected chi connectivity index (χ0v) is 12.1. The Labute approximate surface area is 124 Å². The lowest BCUT2D eigenvalue weighted by molar-refractivity contribution is 0.312. The van der Waals surface area contributed by atoms with Crippen molar-refractivity contribution in [3.8, 4) is 11.8 Å². The number of benzene rings is 2. The summed E-state index contributed by atoms with van der Waals surface area (Å²) in [6, 6.07) is 14.3. The van der Waals surface area contributed by atoms with E-state index in [0.29, 0.717) is 30.0 Å². The molecule has 0 spiro atoms. The molecule has 0 bridgehead atoms. The molecule has 0 heterocycles. The summed E-state index contributed by atoms with van der Waals surface area (Å²) in [5.41, 5.74) is 2.20. The molecule has 0 atom stereocenters.